The van der Waals surface area contributed by atoms with Gasteiger partial charge < -0.3 is 35.6 Å². The van der Waals surface area contributed by atoms with Crippen LogP contribution in [-0.4, -0.2) is 62.4 Å². The quantitative estimate of drug-likeness (QED) is 0.287. The molecule has 1 saturated heterocycles. The van der Waals surface area contributed by atoms with Crippen LogP contribution in [0.1, 0.15) is 0 Å². The minimum Gasteiger partial charge on any atom is -0.394 e. The number of phosphoric ester groups is 1. The van der Waals surface area contributed by atoms with E-state index in [1.165, 1.54) is 0 Å². The number of hydrogen-bond acceptors (Lipinski definition) is 7. The van der Waals surface area contributed by atoms with Gasteiger partial charge in [-0.1, -0.05) is 0 Å². The molecule has 0 aromatic rings. The first-order chi connectivity index (χ1) is 7.26. The molecule has 16 heavy (non-hydrogen) atoms. The summed E-state index contributed by atoms with van der Waals surface area (Å²) in [6.07, 6.45) is -5.78. The molecule has 0 spiro atoms. The van der Waals surface area contributed by atoms with E-state index in [2.05, 4.69) is 4.52 Å². The fourth-order valence-corrected chi connectivity index (χ4v) is 1.79. The topological polar surface area (TPSA) is 163 Å². The summed E-state index contributed by atoms with van der Waals surface area (Å²) >= 11 is 0. The number of phosphoric acid groups is 1. The Bertz CT molecular complexity index is 280. The molecule has 1 aliphatic heterocycles. The molecule has 0 amide bonds. The molecular formula is C6H14NO8P. The molecule has 0 unspecified atom stereocenters. The summed E-state index contributed by atoms with van der Waals surface area (Å²) in [5.74, 6) is 0. The van der Waals surface area contributed by atoms with Gasteiger partial charge in [0.2, 0.25) is 0 Å². The van der Waals surface area contributed by atoms with Gasteiger partial charge in [0.1, 0.15) is 18.3 Å². The van der Waals surface area contributed by atoms with E-state index in [-0.39, 0.29) is 0 Å². The Balaban J connectivity index is 2.75. The second-order valence-corrected chi connectivity index (χ2v) is 4.57. The highest BCUT2D eigenvalue weighted by atomic mass is 31.2. The fraction of sp³-hybridized carbons (Fsp3) is 1.00. The van der Waals surface area contributed by atoms with Crippen LogP contribution in [0.4, 0.5) is 0 Å². The van der Waals surface area contributed by atoms with E-state index < -0.39 is 45.1 Å². The summed E-state index contributed by atoms with van der Waals surface area (Å²) in [6.45, 7) is -0.647. The van der Waals surface area contributed by atoms with Crippen LogP contribution >= 0.6 is 7.82 Å². The molecule has 10 heteroatoms. The predicted molar refractivity (Wildman–Crippen MR) is 48.9 cm³/mol. The van der Waals surface area contributed by atoms with Gasteiger partial charge in [-0.25, -0.2) is 4.57 Å². The Morgan fingerprint density at radius 2 is 1.88 bits per heavy atom. The molecule has 1 heterocycles. The maximum Gasteiger partial charge on any atom is 0.471 e. The summed E-state index contributed by atoms with van der Waals surface area (Å²) in [4.78, 5) is 17.1. The van der Waals surface area contributed by atoms with Crippen LogP contribution in [0.2, 0.25) is 0 Å². The Labute approximate surface area is 90.6 Å². The zero-order chi connectivity index (χ0) is 12.5. The van der Waals surface area contributed by atoms with Crippen LogP contribution in [-0.2, 0) is 13.8 Å². The predicted octanol–water partition coefficient (Wildman–Crippen LogP) is -3.14. The highest BCUT2D eigenvalue weighted by Crippen LogP contribution is 2.40. The standard InChI is InChI=1S/C6H14NO8P/c7-3-5(10)4(9)2(1-8)14-6(3)15-16(11,12)13/h2-6,8-10H,1,7H2,(H2,11,12,13)/t2-,3+,4-,5-,6-/m1/s1. The number of hydrogen-bond donors (Lipinski definition) is 6. The number of rotatable bonds is 3. The first-order valence-electron chi connectivity index (χ1n) is 4.38. The summed E-state index contributed by atoms with van der Waals surface area (Å²) in [5.41, 5.74) is 5.35. The van der Waals surface area contributed by atoms with Crippen LogP contribution in [0.25, 0.3) is 0 Å². The van der Waals surface area contributed by atoms with Crippen molar-refractivity contribution in [1.29, 1.82) is 0 Å². The average molecular weight is 259 g/mol. The Kier molecular flexibility index (Phi) is 4.41. The maximum atomic E-state index is 10.6. The average Bonchev–Trinajstić information content (AvgIpc) is 2.17. The van der Waals surface area contributed by atoms with E-state index in [1.807, 2.05) is 0 Å². The van der Waals surface area contributed by atoms with Crippen molar-refractivity contribution in [3.05, 3.63) is 0 Å². The Morgan fingerprint density at radius 1 is 1.31 bits per heavy atom. The second-order valence-electron chi connectivity index (χ2n) is 3.38. The number of nitrogens with two attached hydrogens (primary N) is 1. The zero-order valence-corrected chi connectivity index (χ0v) is 8.97. The van der Waals surface area contributed by atoms with Gasteiger partial charge in [0.25, 0.3) is 0 Å². The van der Waals surface area contributed by atoms with Crippen molar-refractivity contribution in [3.63, 3.8) is 0 Å². The summed E-state index contributed by atoms with van der Waals surface area (Å²) in [7, 11) is -4.83. The van der Waals surface area contributed by atoms with Crippen molar-refractivity contribution < 1.29 is 38.9 Å². The molecule has 1 fully saturated rings. The minimum absolute atomic E-state index is 0.647. The van der Waals surface area contributed by atoms with E-state index in [1.54, 1.807) is 0 Å². The van der Waals surface area contributed by atoms with E-state index in [0.29, 0.717) is 0 Å². The molecule has 0 aromatic carbocycles. The molecular weight excluding hydrogens is 245 g/mol. The van der Waals surface area contributed by atoms with Gasteiger partial charge in [0, 0.05) is 0 Å². The lowest BCUT2D eigenvalue weighted by atomic mass is 9.98. The van der Waals surface area contributed by atoms with Gasteiger partial charge in [0.15, 0.2) is 6.29 Å². The third kappa shape index (κ3) is 3.20. The molecule has 5 atom stereocenters. The molecule has 96 valence electrons. The van der Waals surface area contributed by atoms with Crippen molar-refractivity contribution in [2.24, 2.45) is 5.73 Å². The number of ether oxygens (including phenoxy) is 1. The van der Waals surface area contributed by atoms with Gasteiger partial charge in [0.05, 0.1) is 12.6 Å². The van der Waals surface area contributed by atoms with Crippen LogP contribution in [0.3, 0.4) is 0 Å². The van der Waals surface area contributed by atoms with E-state index in [4.69, 9.17) is 25.4 Å². The normalized spacial score (nSPS) is 41.0. The lowest BCUT2D eigenvalue weighted by Gasteiger charge is -2.40. The molecule has 7 N–H and O–H groups in total. The van der Waals surface area contributed by atoms with Crippen LogP contribution in [0, 0.1) is 0 Å². The molecule has 0 bridgehead atoms. The SMILES string of the molecule is N[C@@H]1[C@@H](OP(=O)(O)O)O[C@H](CO)[C@@H](O)[C@@H]1O. The van der Waals surface area contributed by atoms with Crippen LogP contribution in [0.15, 0.2) is 0 Å². The summed E-state index contributed by atoms with van der Waals surface area (Å²) < 4.78 is 19.5. The van der Waals surface area contributed by atoms with Gasteiger partial charge in [-0.15, -0.1) is 0 Å². The van der Waals surface area contributed by atoms with Crippen molar-refractivity contribution in [3.8, 4) is 0 Å². The minimum atomic E-state index is -4.83. The first-order valence-corrected chi connectivity index (χ1v) is 5.91. The van der Waals surface area contributed by atoms with Gasteiger partial charge >= 0.3 is 7.82 Å². The zero-order valence-electron chi connectivity index (χ0n) is 8.08. The largest absolute Gasteiger partial charge is 0.471 e. The molecule has 1 aliphatic rings. The molecule has 0 radical (unpaired) electrons. The monoisotopic (exact) mass is 259 g/mol. The van der Waals surface area contributed by atoms with Gasteiger partial charge in [-0.3, -0.25) is 4.52 Å². The summed E-state index contributed by atoms with van der Waals surface area (Å²) in [6, 6.07) is -1.33. The smallest absolute Gasteiger partial charge is 0.394 e. The second kappa shape index (κ2) is 5.05. The van der Waals surface area contributed by atoms with Gasteiger partial charge in [-0.2, -0.15) is 0 Å². The molecule has 0 saturated carbocycles. The van der Waals surface area contributed by atoms with E-state index in [9.17, 15) is 14.8 Å². The highest BCUT2D eigenvalue weighted by molar-refractivity contribution is 7.46. The van der Waals surface area contributed by atoms with Gasteiger partial charge in [-0.05, 0) is 0 Å². The number of aliphatic hydroxyl groups excluding tert-OH is 3. The highest BCUT2D eigenvalue weighted by Gasteiger charge is 2.45. The third-order valence-electron chi connectivity index (χ3n) is 2.17. The van der Waals surface area contributed by atoms with E-state index >= 15 is 0 Å². The maximum absolute atomic E-state index is 10.6. The molecule has 0 aromatic heterocycles. The van der Waals surface area contributed by atoms with Crippen molar-refractivity contribution in [1.82, 2.24) is 0 Å². The molecule has 0 aliphatic carbocycles. The van der Waals surface area contributed by atoms with Crippen LogP contribution < -0.4 is 5.73 Å². The number of aliphatic hydroxyl groups is 3. The first kappa shape index (κ1) is 14.0. The summed E-state index contributed by atoms with van der Waals surface area (Å²) in [5, 5.41) is 27.6. The van der Waals surface area contributed by atoms with Crippen molar-refractivity contribution in [2.75, 3.05) is 6.61 Å². The Morgan fingerprint density at radius 3 is 2.31 bits per heavy atom. The fourth-order valence-electron chi connectivity index (χ4n) is 1.33. The lowest BCUT2D eigenvalue weighted by molar-refractivity contribution is -0.242. The Hall–Kier alpha value is -0.0900. The van der Waals surface area contributed by atoms with Crippen molar-refractivity contribution >= 4 is 7.82 Å². The molecule has 9 nitrogen and oxygen atoms in total. The lowest BCUT2D eigenvalue weighted by Crippen LogP contribution is -2.62. The third-order valence-corrected chi connectivity index (χ3v) is 2.65. The van der Waals surface area contributed by atoms with E-state index in [0.717, 1.165) is 0 Å². The molecule has 1 rings (SSSR count). The van der Waals surface area contributed by atoms with Crippen molar-refractivity contribution in [2.45, 2.75) is 30.6 Å². The van der Waals surface area contributed by atoms with Crippen LogP contribution in [0.5, 0.6) is 0 Å².